The Morgan fingerprint density at radius 1 is 1.00 bits per heavy atom. The van der Waals surface area contributed by atoms with Gasteiger partial charge in [0.1, 0.15) is 5.75 Å². The predicted octanol–water partition coefficient (Wildman–Crippen LogP) is 4.12. The first-order valence-corrected chi connectivity index (χ1v) is 10.9. The smallest absolute Gasteiger partial charge is 0.238 e. The molecule has 2 aromatic rings. The second kappa shape index (κ2) is 8.26. The third kappa shape index (κ3) is 5.93. The van der Waals surface area contributed by atoms with Crippen molar-refractivity contribution in [2.24, 2.45) is 0 Å². The average molecular weight is 388 g/mol. The van der Waals surface area contributed by atoms with Crippen molar-refractivity contribution >= 4 is 15.7 Å². The molecule has 4 nitrogen and oxygen atoms in total. The van der Waals surface area contributed by atoms with Gasteiger partial charge in [0.25, 0.3) is 0 Å². The minimum Gasteiger partial charge on any atom is -0.338 e. The zero-order valence-electron chi connectivity index (χ0n) is 16.8. The molecule has 0 aliphatic rings. The number of benzene rings is 2. The van der Waals surface area contributed by atoms with Gasteiger partial charge in [-0.1, -0.05) is 75.4 Å². The van der Waals surface area contributed by atoms with Gasteiger partial charge in [-0.3, -0.25) is 4.79 Å². The lowest BCUT2D eigenvalue weighted by molar-refractivity contribution is -0.129. The van der Waals surface area contributed by atoms with E-state index in [4.69, 9.17) is 0 Å². The van der Waals surface area contributed by atoms with Crippen molar-refractivity contribution < 1.29 is 13.2 Å². The van der Waals surface area contributed by atoms with Crippen molar-refractivity contribution in [3.63, 3.8) is 0 Å². The Hall–Kier alpha value is -2.14. The lowest BCUT2D eigenvalue weighted by Crippen LogP contribution is -2.34. The van der Waals surface area contributed by atoms with E-state index in [1.807, 2.05) is 61.5 Å². The van der Waals surface area contributed by atoms with Crippen LogP contribution in [0.3, 0.4) is 0 Å². The molecule has 0 radical (unpaired) electrons. The highest BCUT2D eigenvalue weighted by molar-refractivity contribution is 7.91. The molecule has 0 heterocycles. The molecule has 0 aromatic heterocycles. The molecule has 1 unspecified atom stereocenters. The molecule has 0 aliphatic carbocycles. The number of amides is 1. The maximum Gasteiger partial charge on any atom is 0.238 e. The van der Waals surface area contributed by atoms with Gasteiger partial charge in [0.15, 0.2) is 9.84 Å². The standard InChI is InChI=1S/C22H29NO3S/c1-17(19-9-7-6-8-10-19)23(5)21(24)16-27(25,26)15-18-11-13-20(14-12-18)22(2,3)4/h6-14,17H,15-16H2,1-5H3. The molecule has 27 heavy (non-hydrogen) atoms. The summed E-state index contributed by atoms with van der Waals surface area (Å²) in [6.07, 6.45) is 0. The van der Waals surface area contributed by atoms with Gasteiger partial charge in [-0.2, -0.15) is 0 Å². The van der Waals surface area contributed by atoms with Crippen LogP contribution in [0.2, 0.25) is 0 Å². The molecule has 0 spiro atoms. The summed E-state index contributed by atoms with van der Waals surface area (Å²) >= 11 is 0. The maximum absolute atomic E-state index is 12.5. The zero-order chi connectivity index (χ0) is 20.2. The van der Waals surface area contributed by atoms with E-state index in [9.17, 15) is 13.2 Å². The van der Waals surface area contributed by atoms with Gasteiger partial charge < -0.3 is 4.90 Å². The first-order chi connectivity index (χ1) is 12.5. The number of hydrogen-bond donors (Lipinski definition) is 0. The summed E-state index contributed by atoms with van der Waals surface area (Å²) in [4.78, 5) is 14.0. The van der Waals surface area contributed by atoms with E-state index < -0.39 is 21.5 Å². The van der Waals surface area contributed by atoms with E-state index in [1.165, 1.54) is 4.90 Å². The van der Waals surface area contributed by atoms with Gasteiger partial charge in [0.05, 0.1) is 11.8 Å². The van der Waals surface area contributed by atoms with E-state index >= 15 is 0 Å². The van der Waals surface area contributed by atoms with Crippen LogP contribution in [0.5, 0.6) is 0 Å². The van der Waals surface area contributed by atoms with Gasteiger partial charge in [0, 0.05) is 7.05 Å². The van der Waals surface area contributed by atoms with Crippen molar-refractivity contribution in [3.05, 3.63) is 71.3 Å². The topological polar surface area (TPSA) is 54.5 Å². The molecule has 2 aromatic carbocycles. The molecule has 5 heteroatoms. The highest BCUT2D eigenvalue weighted by Crippen LogP contribution is 2.23. The minimum absolute atomic E-state index is 0.0175. The normalized spacial score (nSPS) is 13.2. The molecular weight excluding hydrogens is 358 g/mol. The van der Waals surface area contributed by atoms with E-state index in [1.54, 1.807) is 7.05 Å². The molecule has 0 saturated heterocycles. The third-order valence-electron chi connectivity index (χ3n) is 4.81. The average Bonchev–Trinajstić information content (AvgIpc) is 2.60. The van der Waals surface area contributed by atoms with Crippen molar-refractivity contribution in [2.45, 2.75) is 44.9 Å². The molecule has 0 saturated carbocycles. The Kier molecular flexibility index (Phi) is 6.47. The van der Waals surface area contributed by atoms with Crippen molar-refractivity contribution in [3.8, 4) is 0 Å². The summed E-state index contributed by atoms with van der Waals surface area (Å²) in [5.41, 5.74) is 2.85. The van der Waals surface area contributed by atoms with Crippen molar-refractivity contribution in [1.29, 1.82) is 0 Å². The monoisotopic (exact) mass is 387 g/mol. The van der Waals surface area contributed by atoms with E-state index in [2.05, 4.69) is 20.8 Å². The second-order valence-electron chi connectivity index (χ2n) is 8.07. The summed E-state index contributed by atoms with van der Waals surface area (Å²) < 4.78 is 25.0. The van der Waals surface area contributed by atoms with Crippen LogP contribution in [0.25, 0.3) is 0 Å². The Morgan fingerprint density at radius 3 is 2.07 bits per heavy atom. The maximum atomic E-state index is 12.5. The first kappa shape index (κ1) is 21.2. The molecular formula is C22H29NO3S. The predicted molar refractivity (Wildman–Crippen MR) is 110 cm³/mol. The Bertz CT molecular complexity index is 866. The van der Waals surface area contributed by atoms with E-state index in [0.29, 0.717) is 5.56 Å². The van der Waals surface area contributed by atoms with Crippen molar-refractivity contribution in [1.82, 2.24) is 4.90 Å². The molecule has 146 valence electrons. The lowest BCUT2D eigenvalue weighted by Gasteiger charge is -2.25. The van der Waals surface area contributed by atoms with Gasteiger partial charge in [-0.15, -0.1) is 0 Å². The SMILES string of the molecule is CC(c1ccccc1)N(C)C(=O)CS(=O)(=O)Cc1ccc(C(C)(C)C)cc1. The number of nitrogens with zero attached hydrogens (tertiary/aromatic N) is 1. The van der Waals surface area contributed by atoms with Gasteiger partial charge in [-0.25, -0.2) is 8.42 Å². The molecule has 0 fully saturated rings. The number of rotatable bonds is 6. The number of carbonyl (C=O) groups is 1. The quantitative estimate of drug-likeness (QED) is 0.749. The lowest BCUT2D eigenvalue weighted by atomic mass is 9.87. The van der Waals surface area contributed by atoms with Crippen LogP contribution < -0.4 is 0 Å². The first-order valence-electron chi connectivity index (χ1n) is 9.10. The molecule has 0 aliphatic heterocycles. The van der Waals surface area contributed by atoms with E-state index in [-0.39, 0.29) is 17.2 Å². The Balaban J connectivity index is 2.03. The van der Waals surface area contributed by atoms with Crippen molar-refractivity contribution in [2.75, 3.05) is 12.8 Å². The fourth-order valence-electron chi connectivity index (χ4n) is 2.87. The fourth-order valence-corrected chi connectivity index (χ4v) is 4.25. The van der Waals surface area contributed by atoms with Crippen LogP contribution in [0, 0.1) is 0 Å². The Labute approximate surface area is 163 Å². The van der Waals surface area contributed by atoms with Crippen LogP contribution in [0.1, 0.15) is 50.4 Å². The minimum atomic E-state index is -3.53. The third-order valence-corrected chi connectivity index (χ3v) is 6.27. The summed E-state index contributed by atoms with van der Waals surface area (Å²) in [6.45, 7) is 8.23. The Morgan fingerprint density at radius 2 is 1.56 bits per heavy atom. The molecule has 1 amide bonds. The molecule has 1 atom stereocenters. The number of hydrogen-bond acceptors (Lipinski definition) is 3. The second-order valence-corrected chi connectivity index (χ2v) is 10.1. The van der Waals surface area contributed by atoms with Crippen LogP contribution in [-0.2, 0) is 25.8 Å². The van der Waals surface area contributed by atoms with Gasteiger partial charge in [-0.05, 0) is 29.0 Å². The largest absolute Gasteiger partial charge is 0.338 e. The number of carbonyl (C=O) groups excluding carboxylic acids is 1. The van der Waals surface area contributed by atoms with E-state index in [0.717, 1.165) is 11.1 Å². The molecule has 2 rings (SSSR count). The summed E-state index contributed by atoms with van der Waals surface area (Å²) in [5.74, 6) is -1.00. The van der Waals surface area contributed by atoms with Crippen LogP contribution >= 0.6 is 0 Å². The molecule has 0 bridgehead atoms. The fraction of sp³-hybridized carbons (Fsp3) is 0.409. The highest BCUT2D eigenvalue weighted by Gasteiger charge is 2.24. The zero-order valence-corrected chi connectivity index (χ0v) is 17.6. The van der Waals surface area contributed by atoms with Gasteiger partial charge >= 0.3 is 0 Å². The summed E-state index contributed by atoms with van der Waals surface area (Å²) in [6, 6.07) is 17.0. The molecule has 0 N–H and O–H groups in total. The van der Waals surface area contributed by atoms with Crippen LogP contribution in [-0.4, -0.2) is 32.0 Å². The summed E-state index contributed by atoms with van der Waals surface area (Å²) in [5, 5.41) is 0. The van der Waals surface area contributed by atoms with Crippen LogP contribution in [0.4, 0.5) is 0 Å². The summed E-state index contributed by atoms with van der Waals surface area (Å²) in [7, 11) is -1.89. The number of sulfone groups is 1. The van der Waals surface area contributed by atoms with Gasteiger partial charge in [0.2, 0.25) is 5.91 Å². The highest BCUT2D eigenvalue weighted by atomic mass is 32.2. The van der Waals surface area contributed by atoms with Crippen LogP contribution in [0.15, 0.2) is 54.6 Å².